The van der Waals surface area contributed by atoms with Gasteiger partial charge in [0.05, 0.1) is 4.90 Å². The van der Waals surface area contributed by atoms with E-state index in [4.69, 9.17) is 5.14 Å². The van der Waals surface area contributed by atoms with Gasteiger partial charge in [0.2, 0.25) is 10.0 Å². The number of rotatable bonds is 5. The van der Waals surface area contributed by atoms with Crippen LogP contribution in [0, 0.1) is 32.1 Å². The van der Waals surface area contributed by atoms with Crippen molar-refractivity contribution in [2.45, 2.75) is 25.7 Å². The smallest absolute Gasteiger partial charge is 0.266 e. The van der Waals surface area contributed by atoms with Crippen molar-refractivity contribution in [1.29, 1.82) is 5.26 Å². The second-order valence-corrected chi connectivity index (χ2v) is 8.76. The molecule has 0 spiro atoms. The Kier molecular flexibility index (Phi) is 6.11. The molecular weight excluding hydrogens is 412 g/mol. The summed E-state index contributed by atoms with van der Waals surface area (Å²) in [6, 6.07) is 17.3. The molecule has 0 fully saturated rings. The molecule has 0 saturated heterocycles. The van der Waals surface area contributed by atoms with Crippen LogP contribution in [0.4, 0.5) is 5.69 Å². The van der Waals surface area contributed by atoms with Crippen LogP contribution in [0.15, 0.2) is 65.1 Å². The number of nitriles is 1. The molecule has 3 rings (SSSR count). The van der Waals surface area contributed by atoms with Crippen LogP contribution in [0.5, 0.6) is 0 Å². The van der Waals surface area contributed by atoms with Gasteiger partial charge in [0.25, 0.3) is 5.91 Å². The first-order valence-corrected chi connectivity index (χ1v) is 11.0. The SMILES string of the molecule is Cc1cccc(NC(=O)C(C#N)=Cc2cc(C)n(-c3ccc(S(N)(=O)=O)cc3)c2C)c1. The van der Waals surface area contributed by atoms with E-state index in [0.29, 0.717) is 11.3 Å². The minimum absolute atomic E-state index is 0.0219. The standard InChI is InChI=1S/C23H22N4O3S/c1-15-5-4-6-20(11-15)26-23(28)19(14-24)13-18-12-16(2)27(17(18)3)21-7-9-22(10-8-21)31(25,29)30/h4-13H,1-3H3,(H,26,28)(H2,25,29,30). The van der Waals surface area contributed by atoms with Gasteiger partial charge >= 0.3 is 0 Å². The molecule has 1 heterocycles. The van der Waals surface area contributed by atoms with Gasteiger partial charge in [0.15, 0.2) is 0 Å². The van der Waals surface area contributed by atoms with Crippen molar-refractivity contribution in [2.24, 2.45) is 5.14 Å². The Hall–Kier alpha value is -3.67. The van der Waals surface area contributed by atoms with Crippen LogP contribution in [0.1, 0.15) is 22.5 Å². The van der Waals surface area contributed by atoms with Gasteiger partial charge in [-0.2, -0.15) is 5.26 Å². The number of carbonyl (C=O) groups excluding carboxylic acids is 1. The number of hydrogen-bond donors (Lipinski definition) is 2. The van der Waals surface area contributed by atoms with Crippen LogP contribution in [0.25, 0.3) is 11.8 Å². The molecule has 31 heavy (non-hydrogen) atoms. The van der Waals surface area contributed by atoms with E-state index >= 15 is 0 Å². The first kappa shape index (κ1) is 22.0. The number of amides is 1. The highest BCUT2D eigenvalue weighted by atomic mass is 32.2. The van der Waals surface area contributed by atoms with Gasteiger partial charge in [-0.3, -0.25) is 4.79 Å². The molecule has 0 aliphatic carbocycles. The number of benzene rings is 2. The van der Waals surface area contributed by atoms with Gasteiger partial charge in [-0.15, -0.1) is 0 Å². The molecule has 7 nitrogen and oxygen atoms in total. The zero-order valence-electron chi connectivity index (χ0n) is 17.4. The largest absolute Gasteiger partial charge is 0.321 e. The maximum atomic E-state index is 12.6. The minimum atomic E-state index is -3.77. The molecule has 2 aromatic carbocycles. The summed E-state index contributed by atoms with van der Waals surface area (Å²) in [5.74, 6) is -0.490. The lowest BCUT2D eigenvalue weighted by molar-refractivity contribution is -0.112. The number of nitrogens with one attached hydrogen (secondary N) is 1. The predicted molar refractivity (Wildman–Crippen MR) is 120 cm³/mol. The topological polar surface area (TPSA) is 118 Å². The zero-order valence-corrected chi connectivity index (χ0v) is 18.2. The second kappa shape index (κ2) is 8.60. The quantitative estimate of drug-likeness (QED) is 0.471. The summed E-state index contributed by atoms with van der Waals surface area (Å²) in [6.45, 7) is 5.66. The van der Waals surface area contributed by atoms with Gasteiger partial charge in [0, 0.05) is 22.8 Å². The van der Waals surface area contributed by atoms with Crippen molar-refractivity contribution in [3.05, 3.63) is 82.7 Å². The summed E-state index contributed by atoms with van der Waals surface area (Å²) in [5.41, 5.74) is 4.71. The van der Waals surface area contributed by atoms with Crippen LogP contribution < -0.4 is 10.5 Å². The maximum absolute atomic E-state index is 12.6. The fourth-order valence-corrected chi connectivity index (χ4v) is 3.86. The molecule has 3 N–H and O–H groups in total. The molecule has 0 aliphatic rings. The highest BCUT2D eigenvalue weighted by molar-refractivity contribution is 7.89. The number of nitrogens with two attached hydrogens (primary N) is 1. The third-order valence-corrected chi connectivity index (χ3v) is 5.76. The van der Waals surface area contributed by atoms with Crippen LogP contribution in [0.2, 0.25) is 0 Å². The normalized spacial score (nSPS) is 11.8. The molecule has 1 amide bonds. The fraction of sp³-hybridized carbons (Fsp3) is 0.130. The molecule has 0 radical (unpaired) electrons. The minimum Gasteiger partial charge on any atom is -0.321 e. The zero-order chi connectivity index (χ0) is 22.8. The summed E-state index contributed by atoms with van der Waals surface area (Å²) in [7, 11) is -3.77. The third kappa shape index (κ3) is 4.91. The molecule has 0 unspecified atom stereocenters. The van der Waals surface area contributed by atoms with Crippen molar-refractivity contribution >= 4 is 27.7 Å². The molecule has 0 atom stereocenters. The number of primary sulfonamides is 1. The first-order valence-electron chi connectivity index (χ1n) is 9.42. The van der Waals surface area contributed by atoms with Crippen molar-refractivity contribution in [1.82, 2.24) is 4.57 Å². The van der Waals surface area contributed by atoms with Crippen molar-refractivity contribution in [2.75, 3.05) is 5.32 Å². The summed E-state index contributed by atoms with van der Waals surface area (Å²) < 4.78 is 24.9. The summed E-state index contributed by atoms with van der Waals surface area (Å²) >= 11 is 0. The van der Waals surface area contributed by atoms with E-state index in [0.717, 1.165) is 22.6 Å². The first-order chi connectivity index (χ1) is 14.6. The summed E-state index contributed by atoms with van der Waals surface area (Å²) in [4.78, 5) is 12.6. The van der Waals surface area contributed by atoms with Gasteiger partial charge in [0.1, 0.15) is 11.6 Å². The number of anilines is 1. The third-order valence-electron chi connectivity index (χ3n) is 4.83. The van der Waals surface area contributed by atoms with E-state index in [1.165, 1.54) is 12.1 Å². The molecule has 0 aliphatic heterocycles. The van der Waals surface area contributed by atoms with E-state index in [-0.39, 0.29) is 10.5 Å². The lowest BCUT2D eigenvalue weighted by Crippen LogP contribution is -2.13. The predicted octanol–water partition coefficient (Wildman–Crippen LogP) is 3.60. The fourth-order valence-electron chi connectivity index (χ4n) is 3.34. The second-order valence-electron chi connectivity index (χ2n) is 7.19. The number of sulfonamides is 1. The van der Waals surface area contributed by atoms with Crippen LogP contribution in [-0.4, -0.2) is 18.9 Å². The highest BCUT2D eigenvalue weighted by Gasteiger charge is 2.15. The van der Waals surface area contributed by atoms with E-state index in [9.17, 15) is 18.5 Å². The van der Waals surface area contributed by atoms with Crippen LogP contribution in [-0.2, 0) is 14.8 Å². The number of aryl methyl sites for hydroxylation is 2. The molecule has 0 bridgehead atoms. The van der Waals surface area contributed by atoms with Gasteiger partial charge in [-0.05, 0) is 80.4 Å². The molecular formula is C23H22N4O3S. The Bertz CT molecular complexity index is 1330. The van der Waals surface area contributed by atoms with Gasteiger partial charge < -0.3 is 9.88 Å². The molecule has 0 saturated carbocycles. The van der Waals surface area contributed by atoms with Crippen LogP contribution >= 0.6 is 0 Å². The average Bonchev–Trinajstić information content (AvgIpc) is 2.98. The lowest BCUT2D eigenvalue weighted by Gasteiger charge is -2.10. The Labute approximate surface area is 181 Å². The average molecular weight is 435 g/mol. The Balaban J connectivity index is 1.93. The van der Waals surface area contributed by atoms with Crippen molar-refractivity contribution in [3.63, 3.8) is 0 Å². The Morgan fingerprint density at radius 1 is 1.10 bits per heavy atom. The van der Waals surface area contributed by atoms with E-state index in [1.54, 1.807) is 24.3 Å². The van der Waals surface area contributed by atoms with Gasteiger partial charge in [-0.25, -0.2) is 13.6 Å². The van der Waals surface area contributed by atoms with Crippen molar-refractivity contribution in [3.8, 4) is 11.8 Å². The van der Waals surface area contributed by atoms with Crippen molar-refractivity contribution < 1.29 is 13.2 Å². The molecule has 1 aromatic heterocycles. The van der Waals surface area contributed by atoms with E-state index in [2.05, 4.69) is 5.32 Å². The highest BCUT2D eigenvalue weighted by Crippen LogP contribution is 2.24. The summed E-state index contributed by atoms with van der Waals surface area (Å²) in [5, 5.41) is 17.4. The van der Waals surface area contributed by atoms with E-state index < -0.39 is 15.9 Å². The Morgan fingerprint density at radius 2 is 1.77 bits per heavy atom. The molecule has 8 heteroatoms. The van der Waals surface area contributed by atoms with Crippen LogP contribution in [0.3, 0.4) is 0 Å². The molecule has 158 valence electrons. The van der Waals surface area contributed by atoms with E-state index in [1.807, 2.05) is 55.7 Å². The molecule has 3 aromatic rings. The summed E-state index contributed by atoms with van der Waals surface area (Å²) in [6.07, 6.45) is 1.54. The maximum Gasteiger partial charge on any atom is 0.266 e. The Morgan fingerprint density at radius 3 is 2.35 bits per heavy atom. The number of hydrogen-bond acceptors (Lipinski definition) is 4. The number of aromatic nitrogens is 1. The monoisotopic (exact) mass is 434 g/mol. The van der Waals surface area contributed by atoms with Gasteiger partial charge in [-0.1, -0.05) is 12.1 Å². The number of carbonyl (C=O) groups is 1. The number of nitrogens with zero attached hydrogens (tertiary/aromatic N) is 2. The lowest BCUT2D eigenvalue weighted by atomic mass is 10.1.